The third-order valence-corrected chi connectivity index (χ3v) is 6.85. The molecule has 6 nitrogen and oxygen atoms in total. The summed E-state index contributed by atoms with van der Waals surface area (Å²) >= 11 is 0. The van der Waals surface area contributed by atoms with E-state index in [0.717, 1.165) is 16.7 Å². The molecule has 0 aliphatic heterocycles. The van der Waals surface area contributed by atoms with E-state index in [0.29, 0.717) is 23.5 Å². The van der Waals surface area contributed by atoms with E-state index in [1.54, 1.807) is 30.3 Å². The molecule has 0 aliphatic carbocycles. The smallest absolute Gasteiger partial charge is 0.264 e. The quantitative estimate of drug-likeness (QED) is 0.603. The maximum Gasteiger partial charge on any atom is 0.264 e. The van der Waals surface area contributed by atoms with Gasteiger partial charge in [0.2, 0.25) is 0 Å². The Morgan fingerprint density at radius 1 is 1.00 bits per heavy atom. The normalized spacial score (nSPS) is 11.1. The minimum absolute atomic E-state index is 0.143. The van der Waals surface area contributed by atoms with Gasteiger partial charge in [0.15, 0.2) is 0 Å². The molecule has 3 rings (SSSR count). The van der Waals surface area contributed by atoms with Crippen LogP contribution < -0.4 is 14.4 Å². The zero-order valence-corrected chi connectivity index (χ0v) is 18.9. The summed E-state index contributed by atoms with van der Waals surface area (Å²) < 4.78 is 32.5. The molecule has 0 saturated carbocycles. The molecule has 1 amide bonds. The van der Waals surface area contributed by atoms with Crippen LogP contribution in [0, 0.1) is 13.8 Å². The first-order valence-corrected chi connectivity index (χ1v) is 11.2. The summed E-state index contributed by atoms with van der Waals surface area (Å²) in [7, 11) is -0.791. The van der Waals surface area contributed by atoms with E-state index in [1.807, 2.05) is 38.1 Å². The van der Waals surface area contributed by atoms with Gasteiger partial charge in [0, 0.05) is 19.2 Å². The highest BCUT2D eigenvalue weighted by molar-refractivity contribution is 7.92. The van der Waals surface area contributed by atoms with Gasteiger partial charge in [0.25, 0.3) is 15.9 Å². The minimum Gasteiger partial charge on any atom is -0.497 e. The van der Waals surface area contributed by atoms with Gasteiger partial charge in [-0.25, -0.2) is 8.42 Å². The molecule has 31 heavy (non-hydrogen) atoms. The maximum absolute atomic E-state index is 13.1. The number of ether oxygens (including phenoxy) is 1. The second-order valence-electron chi connectivity index (χ2n) is 7.32. The molecule has 0 spiro atoms. The summed E-state index contributed by atoms with van der Waals surface area (Å²) in [6.07, 6.45) is 0. The van der Waals surface area contributed by atoms with Crippen molar-refractivity contribution >= 4 is 21.6 Å². The summed E-state index contributed by atoms with van der Waals surface area (Å²) in [4.78, 5) is 12.8. The van der Waals surface area contributed by atoms with Crippen LogP contribution in [0.25, 0.3) is 0 Å². The van der Waals surface area contributed by atoms with Gasteiger partial charge >= 0.3 is 0 Å². The standard InChI is InChI=1S/C24H26N2O4S/c1-17-6-5-7-19(14-17)16-25-24(27)20-9-8-18(2)23(15-20)26(3)31(28,29)22-12-10-21(30-4)11-13-22/h5-15H,16H2,1-4H3,(H,25,27). The zero-order chi connectivity index (χ0) is 22.6. The number of carbonyl (C=O) groups is 1. The van der Waals surface area contributed by atoms with Crippen LogP contribution in [0.2, 0.25) is 0 Å². The zero-order valence-electron chi connectivity index (χ0n) is 18.0. The van der Waals surface area contributed by atoms with E-state index in [4.69, 9.17) is 4.74 Å². The first kappa shape index (κ1) is 22.4. The summed E-state index contributed by atoms with van der Waals surface area (Å²) in [6.45, 7) is 4.20. The Hall–Kier alpha value is -3.32. The van der Waals surface area contributed by atoms with Crippen molar-refractivity contribution in [3.63, 3.8) is 0 Å². The molecule has 0 radical (unpaired) electrons. The Balaban J connectivity index is 1.82. The molecule has 3 aromatic rings. The Bertz CT molecular complexity index is 1190. The molecule has 0 unspecified atom stereocenters. The number of methoxy groups -OCH3 is 1. The highest BCUT2D eigenvalue weighted by atomic mass is 32.2. The first-order chi connectivity index (χ1) is 14.7. The fourth-order valence-corrected chi connectivity index (χ4v) is 4.48. The Kier molecular flexibility index (Phi) is 6.65. The number of hydrogen-bond acceptors (Lipinski definition) is 4. The molecule has 3 aromatic carbocycles. The molecule has 0 bridgehead atoms. The number of aryl methyl sites for hydroxylation is 2. The lowest BCUT2D eigenvalue weighted by Gasteiger charge is -2.22. The van der Waals surface area contributed by atoms with Crippen molar-refractivity contribution in [3.05, 3.63) is 89.0 Å². The fourth-order valence-electron chi connectivity index (χ4n) is 3.23. The van der Waals surface area contributed by atoms with E-state index < -0.39 is 10.0 Å². The third kappa shape index (κ3) is 5.06. The van der Waals surface area contributed by atoms with Crippen LogP contribution in [0.1, 0.15) is 27.0 Å². The van der Waals surface area contributed by atoms with Crippen LogP contribution in [0.15, 0.2) is 71.6 Å². The molecule has 0 saturated heterocycles. The first-order valence-electron chi connectivity index (χ1n) is 9.80. The predicted octanol–water partition coefficient (Wildman–Crippen LogP) is 4.07. The van der Waals surface area contributed by atoms with Crippen molar-refractivity contribution in [2.45, 2.75) is 25.3 Å². The molecule has 7 heteroatoms. The summed E-state index contributed by atoms with van der Waals surface area (Å²) in [6, 6.07) is 19.1. The molecule has 0 fully saturated rings. The van der Waals surface area contributed by atoms with Gasteiger partial charge in [-0.05, 0) is 61.4 Å². The van der Waals surface area contributed by atoms with Gasteiger partial charge in [0.05, 0.1) is 17.7 Å². The average Bonchev–Trinajstić information content (AvgIpc) is 2.77. The predicted molar refractivity (Wildman–Crippen MR) is 122 cm³/mol. The van der Waals surface area contributed by atoms with Gasteiger partial charge in [-0.3, -0.25) is 9.10 Å². The van der Waals surface area contributed by atoms with E-state index in [2.05, 4.69) is 5.32 Å². The lowest BCUT2D eigenvalue weighted by molar-refractivity contribution is 0.0951. The van der Waals surface area contributed by atoms with Crippen molar-refractivity contribution in [2.75, 3.05) is 18.5 Å². The average molecular weight is 439 g/mol. The second-order valence-corrected chi connectivity index (χ2v) is 9.29. The van der Waals surface area contributed by atoms with Crippen LogP contribution in [0.5, 0.6) is 5.75 Å². The topological polar surface area (TPSA) is 75.7 Å². The third-order valence-electron chi connectivity index (χ3n) is 5.06. The van der Waals surface area contributed by atoms with Crippen LogP contribution in [0.4, 0.5) is 5.69 Å². The van der Waals surface area contributed by atoms with Gasteiger partial charge in [-0.15, -0.1) is 0 Å². The van der Waals surface area contributed by atoms with Crippen LogP contribution >= 0.6 is 0 Å². The second kappa shape index (κ2) is 9.22. The van der Waals surface area contributed by atoms with Crippen molar-refractivity contribution in [3.8, 4) is 5.75 Å². The number of amides is 1. The van der Waals surface area contributed by atoms with Crippen LogP contribution in [0.3, 0.4) is 0 Å². The van der Waals surface area contributed by atoms with E-state index >= 15 is 0 Å². The molecular weight excluding hydrogens is 412 g/mol. The minimum atomic E-state index is -3.80. The van der Waals surface area contributed by atoms with Gasteiger partial charge in [0.1, 0.15) is 5.75 Å². The number of rotatable bonds is 7. The molecule has 0 atom stereocenters. The summed E-state index contributed by atoms with van der Waals surface area (Å²) in [5.41, 5.74) is 3.70. The summed E-state index contributed by atoms with van der Waals surface area (Å²) in [5.74, 6) is 0.308. The fraction of sp³-hybridized carbons (Fsp3) is 0.208. The molecule has 0 aromatic heterocycles. The summed E-state index contributed by atoms with van der Waals surface area (Å²) in [5, 5.41) is 2.89. The SMILES string of the molecule is COc1ccc(S(=O)(=O)N(C)c2cc(C(=O)NCc3cccc(C)c3)ccc2C)cc1. The maximum atomic E-state index is 13.1. The molecule has 0 aliphatic rings. The lowest BCUT2D eigenvalue weighted by Crippen LogP contribution is -2.28. The number of anilines is 1. The van der Waals surface area contributed by atoms with E-state index in [9.17, 15) is 13.2 Å². The Morgan fingerprint density at radius 3 is 2.35 bits per heavy atom. The van der Waals surface area contributed by atoms with Gasteiger partial charge in [-0.1, -0.05) is 35.9 Å². The number of nitrogens with one attached hydrogen (secondary N) is 1. The number of sulfonamides is 1. The van der Waals surface area contributed by atoms with Crippen molar-refractivity contribution in [1.82, 2.24) is 5.32 Å². The lowest BCUT2D eigenvalue weighted by atomic mass is 10.1. The van der Waals surface area contributed by atoms with Crippen LogP contribution in [-0.4, -0.2) is 28.5 Å². The van der Waals surface area contributed by atoms with Gasteiger partial charge in [-0.2, -0.15) is 0 Å². The number of hydrogen-bond donors (Lipinski definition) is 1. The highest BCUT2D eigenvalue weighted by Crippen LogP contribution is 2.27. The van der Waals surface area contributed by atoms with Crippen molar-refractivity contribution in [1.29, 1.82) is 0 Å². The molecule has 162 valence electrons. The van der Waals surface area contributed by atoms with Crippen molar-refractivity contribution in [2.24, 2.45) is 0 Å². The Morgan fingerprint density at radius 2 is 1.71 bits per heavy atom. The number of nitrogens with zero attached hydrogens (tertiary/aromatic N) is 1. The molecule has 1 N–H and O–H groups in total. The monoisotopic (exact) mass is 438 g/mol. The molecule has 0 heterocycles. The van der Waals surface area contributed by atoms with Crippen LogP contribution in [-0.2, 0) is 16.6 Å². The Labute approximate surface area is 183 Å². The number of carbonyl (C=O) groups excluding carboxylic acids is 1. The van der Waals surface area contributed by atoms with E-state index in [-0.39, 0.29) is 10.8 Å². The number of benzene rings is 3. The molecular formula is C24H26N2O4S. The van der Waals surface area contributed by atoms with Gasteiger partial charge < -0.3 is 10.1 Å². The highest BCUT2D eigenvalue weighted by Gasteiger charge is 2.23. The van der Waals surface area contributed by atoms with Crippen molar-refractivity contribution < 1.29 is 17.9 Å². The van der Waals surface area contributed by atoms with E-state index in [1.165, 1.54) is 30.6 Å². The largest absolute Gasteiger partial charge is 0.497 e.